The molecule has 2 aromatic carbocycles. The van der Waals surface area contributed by atoms with E-state index in [4.69, 9.17) is 4.74 Å². The quantitative estimate of drug-likeness (QED) is 0.840. The highest BCUT2D eigenvalue weighted by molar-refractivity contribution is 6.00. The Kier molecular flexibility index (Phi) is 4.60. The van der Waals surface area contributed by atoms with Crippen molar-refractivity contribution in [2.24, 2.45) is 5.92 Å². The first-order chi connectivity index (χ1) is 13.1. The number of carbonyl (C=O) groups excluding carboxylic acids is 2. The average Bonchev–Trinajstić information content (AvgIpc) is 3.10. The summed E-state index contributed by atoms with van der Waals surface area (Å²) in [5.41, 5.74) is 3.26. The molecule has 5 nitrogen and oxygen atoms in total. The summed E-state index contributed by atoms with van der Waals surface area (Å²) in [6.07, 6.45) is 1.10. The maximum atomic E-state index is 13.2. The predicted octanol–water partition coefficient (Wildman–Crippen LogP) is 3.19. The van der Waals surface area contributed by atoms with Crippen molar-refractivity contribution >= 4 is 17.5 Å². The highest BCUT2D eigenvalue weighted by Gasteiger charge is 2.39. The van der Waals surface area contributed by atoms with E-state index in [0.717, 1.165) is 17.9 Å². The number of carbonyl (C=O) groups is 2. The van der Waals surface area contributed by atoms with Gasteiger partial charge in [-0.1, -0.05) is 24.3 Å². The molecule has 0 aliphatic carbocycles. The second kappa shape index (κ2) is 7.06. The van der Waals surface area contributed by atoms with Crippen LogP contribution in [0.25, 0.3) is 0 Å². The Labute approximate surface area is 159 Å². The maximum absolute atomic E-state index is 13.2. The van der Waals surface area contributed by atoms with E-state index in [2.05, 4.69) is 13.0 Å². The molecule has 1 fully saturated rings. The van der Waals surface area contributed by atoms with Crippen LogP contribution in [0.3, 0.4) is 0 Å². The van der Waals surface area contributed by atoms with Gasteiger partial charge in [0.2, 0.25) is 11.8 Å². The van der Waals surface area contributed by atoms with E-state index in [1.807, 2.05) is 47.4 Å². The third-order valence-corrected chi connectivity index (χ3v) is 5.72. The number of nitrogens with zero attached hydrogens (tertiary/aromatic N) is 2. The minimum Gasteiger partial charge on any atom is -0.497 e. The Hall–Kier alpha value is -2.82. The van der Waals surface area contributed by atoms with Crippen LogP contribution in [-0.2, 0) is 16.0 Å². The third kappa shape index (κ3) is 3.18. The topological polar surface area (TPSA) is 49.9 Å². The number of ether oxygens (including phenoxy) is 1. The van der Waals surface area contributed by atoms with E-state index in [-0.39, 0.29) is 30.2 Å². The molecule has 0 bridgehead atoms. The van der Waals surface area contributed by atoms with Crippen LogP contribution >= 0.6 is 0 Å². The summed E-state index contributed by atoms with van der Waals surface area (Å²) in [7, 11) is 1.67. The molecule has 2 unspecified atom stereocenters. The molecule has 140 valence electrons. The Morgan fingerprint density at radius 2 is 1.93 bits per heavy atom. The molecule has 0 N–H and O–H groups in total. The lowest BCUT2D eigenvalue weighted by Gasteiger charge is -2.37. The van der Waals surface area contributed by atoms with Crippen LogP contribution in [0.1, 0.15) is 30.5 Å². The lowest BCUT2D eigenvalue weighted by atomic mass is 9.92. The molecule has 2 aromatic rings. The molecule has 2 heterocycles. The van der Waals surface area contributed by atoms with Gasteiger partial charge in [0.25, 0.3) is 0 Å². The van der Waals surface area contributed by atoms with Gasteiger partial charge in [-0.2, -0.15) is 0 Å². The minimum atomic E-state index is -0.278. The van der Waals surface area contributed by atoms with E-state index in [9.17, 15) is 9.59 Å². The van der Waals surface area contributed by atoms with Crippen molar-refractivity contribution in [3.63, 3.8) is 0 Å². The van der Waals surface area contributed by atoms with Gasteiger partial charge in [-0.15, -0.1) is 0 Å². The molecule has 0 radical (unpaired) electrons. The average molecular weight is 364 g/mol. The molecule has 0 saturated carbocycles. The summed E-state index contributed by atoms with van der Waals surface area (Å²) in [6, 6.07) is 15.6. The van der Waals surface area contributed by atoms with Gasteiger partial charge in [0.05, 0.1) is 19.1 Å². The van der Waals surface area contributed by atoms with E-state index in [0.29, 0.717) is 13.1 Å². The van der Waals surface area contributed by atoms with E-state index in [1.165, 1.54) is 11.1 Å². The fraction of sp³-hybridized carbons (Fsp3) is 0.364. The number of para-hydroxylation sites is 1. The Balaban J connectivity index is 1.51. The number of rotatable bonds is 3. The molecule has 4 rings (SSSR count). The number of anilines is 1. The van der Waals surface area contributed by atoms with Crippen molar-refractivity contribution in [2.45, 2.75) is 25.8 Å². The molecule has 0 aromatic heterocycles. The summed E-state index contributed by atoms with van der Waals surface area (Å²) in [4.78, 5) is 29.3. The summed E-state index contributed by atoms with van der Waals surface area (Å²) in [5.74, 6) is 0.672. The van der Waals surface area contributed by atoms with E-state index >= 15 is 0 Å². The third-order valence-electron chi connectivity index (χ3n) is 5.72. The lowest BCUT2D eigenvalue weighted by molar-refractivity contribution is -0.138. The van der Waals surface area contributed by atoms with Gasteiger partial charge in [0.1, 0.15) is 5.75 Å². The highest BCUT2D eigenvalue weighted by atomic mass is 16.5. The highest BCUT2D eigenvalue weighted by Crippen LogP contribution is 2.34. The van der Waals surface area contributed by atoms with Crippen molar-refractivity contribution in [1.82, 2.24) is 4.90 Å². The van der Waals surface area contributed by atoms with Gasteiger partial charge >= 0.3 is 0 Å². The second-order valence-electron chi connectivity index (χ2n) is 7.26. The van der Waals surface area contributed by atoms with Crippen molar-refractivity contribution in [3.05, 3.63) is 59.7 Å². The molecule has 2 atom stereocenters. The van der Waals surface area contributed by atoms with Crippen LogP contribution in [0.2, 0.25) is 0 Å². The number of amides is 2. The number of fused-ring (bicyclic) bond motifs is 1. The summed E-state index contributed by atoms with van der Waals surface area (Å²) in [6.45, 7) is 3.20. The first-order valence-electron chi connectivity index (χ1n) is 9.41. The minimum absolute atomic E-state index is 0.00744. The maximum Gasteiger partial charge on any atom is 0.228 e. The van der Waals surface area contributed by atoms with Gasteiger partial charge < -0.3 is 14.5 Å². The Morgan fingerprint density at radius 3 is 2.67 bits per heavy atom. The zero-order valence-electron chi connectivity index (χ0n) is 15.7. The summed E-state index contributed by atoms with van der Waals surface area (Å²) in [5, 5.41) is 0. The van der Waals surface area contributed by atoms with Crippen LogP contribution in [0.5, 0.6) is 5.75 Å². The molecule has 27 heavy (non-hydrogen) atoms. The zero-order chi connectivity index (χ0) is 19.0. The fourth-order valence-electron chi connectivity index (χ4n) is 4.20. The van der Waals surface area contributed by atoms with Crippen LogP contribution in [-0.4, -0.2) is 36.9 Å². The predicted molar refractivity (Wildman–Crippen MR) is 104 cm³/mol. The number of hydrogen-bond acceptors (Lipinski definition) is 3. The van der Waals surface area contributed by atoms with Crippen molar-refractivity contribution in [1.29, 1.82) is 0 Å². The van der Waals surface area contributed by atoms with Crippen molar-refractivity contribution in [2.75, 3.05) is 25.1 Å². The van der Waals surface area contributed by atoms with Crippen LogP contribution in [0, 0.1) is 5.92 Å². The molecular weight excluding hydrogens is 340 g/mol. The molecule has 2 aliphatic rings. The zero-order valence-corrected chi connectivity index (χ0v) is 15.7. The van der Waals surface area contributed by atoms with Gasteiger partial charge in [-0.25, -0.2) is 0 Å². The summed E-state index contributed by atoms with van der Waals surface area (Å²) < 4.78 is 5.31. The normalized spacial score (nSPS) is 21.9. The van der Waals surface area contributed by atoms with Crippen LogP contribution < -0.4 is 9.64 Å². The lowest BCUT2D eigenvalue weighted by Crippen LogP contribution is -2.42. The van der Waals surface area contributed by atoms with E-state index < -0.39 is 0 Å². The van der Waals surface area contributed by atoms with Crippen molar-refractivity contribution in [3.8, 4) is 5.75 Å². The van der Waals surface area contributed by atoms with Gasteiger partial charge in [0, 0.05) is 25.2 Å². The van der Waals surface area contributed by atoms with Gasteiger partial charge in [-0.3, -0.25) is 9.59 Å². The van der Waals surface area contributed by atoms with Crippen molar-refractivity contribution < 1.29 is 14.3 Å². The first kappa shape index (κ1) is 17.6. The largest absolute Gasteiger partial charge is 0.497 e. The van der Waals surface area contributed by atoms with E-state index in [1.54, 1.807) is 12.0 Å². The number of methoxy groups -OCH3 is 1. The molecule has 0 spiro atoms. The Bertz CT molecular complexity index is 865. The standard InChI is InChI=1S/C22H24N2O3/c1-15-20-9-8-19(27-2)12-16(20)10-11-23(15)22(26)17-13-21(25)24(14-17)18-6-4-3-5-7-18/h3-9,12,15,17H,10-11,13-14H2,1-2H3. The summed E-state index contributed by atoms with van der Waals surface area (Å²) >= 11 is 0. The number of benzene rings is 2. The van der Waals surface area contributed by atoms with Gasteiger partial charge in [-0.05, 0) is 48.7 Å². The first-order valence-corrected chi connectivity index (χ1v) is 9.41. The second-order valence-corrected chi connectivity index (χ2v) is 7.26. The molecule has 2 aliphatic heterocycles. The molecular formula is C22H24N2O3. The number of hydrogen-bond donors (Lipinski definition) is 0. The van der Waals surface area contributed by atoms with Crippen LogP contribution in [0.15, 0.2) is 48.5 Å². The SMILES string of the molecule is COc1ccc2c(c1)CCN(C(=O)C1CC(=O)N(c3ccccc3)C1)C2C. The smallest absolute Gasteiger partial charge is 0.228 e. The monoisotopic (exact) mass is 364 g/mol. The molecule has 1 saturated heterocycles. The molecule has 5 heteroatoms. The van der Waals surface area contributed by atoms with Crippen LogP contribution in [0.4, 0.5) is 5.69 Å². The molecule has 2 amide bonds. The Morgan fingerprint density at radius 1 is 1.15 bits per heavy atom. The van der Waals surface area contributed by atoms with Gasteiger partial charge in [0.15, 0.2) is 0 Å². The fourth-order valence-corrected chi connectivity index (χ4v) is 4.20.